The molecule has 12 heavy (non-hydrogen) atoms. The van der Waals surface area contributed by atoms with Crippen LogP contribution in [0.25, 0.3) is 0 Å². The Hall–Kier alpha value is -0.0800. The van der Waals surface area contributed by atoms with Gasteiger partial charge in [0.15, 0.2) is 0 Å². The fourth-order valence-corrected chi connectivity index (χ4v) is 2.48. The van der Waals surface area contributed by atoms with Crippen molar-refractivity contribution in [3.8, 4) is 0 Å². The lowest BCUT2D eigenvalue weighted by molar-refractivity contribution is 0.194. The number of nitrogens with one attached hydrogen (secondary N) is 2. The van der Waals surface area contributed by atoms with Gasteiger partial charge in [-0.05, 0) is 45.2 Å². The number of hydrogen-bond acceptors (Lipinski definition) is 2. The monoisotopic (exact) mass is 168 g/mol. The lowest BCUT2D eigenvalue weighted by Crippen LogP contribution is -2.58. The molecule has 2 nitrogen and oxygen atoms in total. The summed E-state index contributed by atoms with van der Waals surface area (Å²) in [5.74, 6) is 0. The summed E-state index contributed by atoms with van der Waals surface area (Å²) < 4.78 is 0. The molecule has 2 N–H and O–H groups in total. The first-order valence-corrected chi connectivity index (χ1v) is 5.41. The van der Waals surface area contributed by atoms with Crippen LogP contribution in [0.4, 0.5) is 0 Å². The predicted molar refractivity (Wildman–Crippen MR) is 51.1 cm³/mol. The molecule has 2 fully saturated rings. The van der Waals surface area contributed by atoms with Gasteiger partial charge < -0.3 is 0 Å². The van der Waals surface area contributed by atoms with Crippen LogP contribution in [-0.2, 0) is 0 Å². The highest BCUT2D eigenvalue weighted by Gasteiger charge is 2.31. The molecule has 0 aromatic heterocycles. The molecular weight excluding hydrogens is 148 g/mol. The van der Waals surface area contributed by atoms with Gasteiger partial charge >= 0.3 is 0 Å². The molecule has 0 bridgehead atoms. The molecule has 0 aliphatic carbocycles. The van der Waals surface area contributed by atoms with Crippen LogP contribution in [0.5, 0.6) is 0 Å². The van der Waals surface area contributed by atoms with Crippen LogP contribution in [0.15, 0.2) is 0 Å². The first kappa shape index (κ1) is 8.52. The minimum atomic E-state index is 0.342. The van der Waals surface area contributed by atoms with Crippen LogP contribution in [0.3, 0.4) is 0 Å². The Kier molecular flexibility index (Phi) is 2.66. The fraction of sp³-hybridized carbons (Fsp3) is 1.00. The molecule has 2 saturated heterocycles. The van der Waals surface area contributed by atoms with Gasteiger partial charge in [-0.1, -0.05) is 12.8 Å². The van der Waals surface area contributed by atoms with Gasteiger partial charge in [0.1, 0.15) is 0 Å². The second-order valence-corrected chi connectivity index (χ2v) is 4.20. The molecule has 1 spiro atoms. The normalized spacial score (nSPS) is 38.0. The second-order valence-electron chi connectivity index (χ2n) is 4.20. The van der Waals surface area contributed by atoms with Gasteiger partial charge in [0.05, 0.1) is 5.66 Å². The van der Waals surface area contributed by atoms with E-state index in [0.717, 1.165) is 0 Å². The van der Waals surface area contributed by atoms with E-state index in [0.29, 0.717) is 5.66 Å². The molecular formula is C10H20N2. The molecule has 0 amide bonds. The van der Waals surface area contributed by atoms with E-state index < -0.39 is 0 Å². The summed E-state index contributed by atoms with van der Waals surface area (Å²) in [7, 11) is 0. The van der Waals surface area contributed by atoms with Gasteiger partial charge in [0.2, 0.25) is 0 Å². The zero-order chi connectivity index (χ0) is 8.28. The topological polar surface area (TPSA) is 24.1 Å². The molecule has 1 unspecified atom stereocenters. The van der Waals surface area contributed by atoms with E-state index in [9.17, 15) is 0 Å². The molecule has 0 saturated carbocycles. The van der Waals surface area contributed by atoms with Gasteiger partial charge in [-0.15, -0.1) is 0 Å². The van der Waals surface area contributed by atoms with Gasteiger partial charge in [-0.3, -0.25) is 10.6 Å². The standard InChI is InChI=1S/C10H20N2/c1-2-6-10(11-8-4-1)7-3-5-9-12-10/h11-12H,1-9H2. The maximum Gasteiger partial charge on any atom is 0.0687 e. The Morgan fingerprint density at radius 2 is 1.25 bits per heavy atom. The Labute approximate surface area is 75.1 Å². The van der Waals surface area contributed by atoms with Crippen molar-refractivity contribution in [2.24, 2.45) is 0 Å². The molecule has 2 heterocycles. The Balaban J connectivity index is 1.95. The highest BCUT2D eigenvalue weighted by molar-refractivity contribution is 4.89. The SMILES string of the molecule is C1CCNC2(CC1)CCCCN2. The van der Waals surface area contributed by atoms with Crippen molar-refractivity contribution in [2.45, 2.75) is 50.6 Å². The minimum Gasteiger partial charge on any atom is -0.299 e. The summed E-state index contributed by atoms with van der Waals surface area (Å²) in [6, 6.07) is 0. The zero-order valence-electron chi connectivity index (χ0n) is 7.86. The Morgan fingerprint density at radius 1 is 0.667 bits per heavy atom. The lowest BCUT2D eigenvalue weighted by atomic mass is 9.93. The molecule has 0 aromatic carbocycles. The van der Waals surface area contributed by atoms with E-state index in [1.807, 2.05) is 0 Å². The van der Waals surface area contributed by atoms with E-state index >= 15 is 0 Å². The van der Waals surface area contributed by atoms with E-state index in [4.69, 9.17) is 0 Å². The third-order valence-corrected chi connectivity index (χ3v) is 3.24. The predicted octanol–water partition coefficient (Wildman–Crippen LogP) is 1.62. The molecule has 0 radical (unpaired) electrons. The quantitative estimate of drug-likeness (QED) is 0.574. The van der Waals surface area contributed by atoms with Crippen molar-refractivity contribution in [1.82, 2.24) is 10.6 Å². The molecule has 2 rings (SSSR count). The van der Waals surface area contributed by atoms with Gasteiger partial charge in [0.25, 0.3) is 0 Å². The molecule has 2 aliphatic heterocycles. The zero-order valence-corrected chi connectivity index (χ0v) is 7.86. The third-order valence-electron chi connectivity index (χ3n) is 3.24. The summed E-state index contributed by atoms with van der Waals surface area (Å²) in [6.45, 7) is 2.43. The summed E-state index contributed by atoms with van der Waals surface area (Å²) in [6.07, 6.45) is 9.63. The van der Waals surface area contributed by atoms with Gasteiger partial charge in [-0.25, -0.2) is 0 Å². The number of piperidine rings is 1. The highest BCUT2D eigenvalue weighted by Crippen LogP contribution is 2.24. The minimum absolute atomic E-state index is 0.342. The van der Waals surface area contributed by atoms with Crippen molar-refractivity contribution < 1.29 is 0 Å². The van der Waals surface area contributed by atoms with Crippen molar-refractivity contribution in [1.29, 1.82) is 0 Å². The van der Waals surface area contributed by atoms with Crippen molar-refractivity contribution >= 4 is 0 Å². The Bertz CT molecular complexity index is 129. The van der Waals surface area contributed by atoms with Crippen LogP contribution in [-0.4, -0.2) is 18.8 Å². The molecule has 70 valence electrons. The van der Waals surface area contributed by atoms with E-state index in [1.54, 1.807) is 0 Å². The summed E-state index contributed by atoms with van der Waals surface area (Å²) in [5, 5.41) is 7.35. The molecule has 1 atom stereocenters. The maximum atomic E-state index is 3.69. The Morgan fingerprint density at radius 3 is 2.00 bits per heavy atom. The third kappa shape index (κ3) is 1.80. The van der Waals surface area contributed by atoms with E-state index in [1.165, 1.54) is 58.0 Å². The van der Waals surface area contributed by atoms with Crippen LogP contribution >= 0.6 is 0 Å². The number of rotatable bonds is 0. The first-order chi connectivity index (χ1) is 5.91. The largest absolute Gasteiger partial charge is 0.299 e. The second kappa shape index (κ2) is 3.75. The van der Waals surface area contributed by atoms with Crippen molar-refractivity contribution in [3.05, 3.63) is 0 Å². The fourth-order valence-electron chi connectivity index (χ4n) is 2.48. The van der Waals surface area contributed by atoms with Crippen LogP contribution in [0.2, 0.25) is 0 Å². The molecule has 0 aromatic rings. The number of hydrogen-bond donors (Lipinski definition) is 2. The van der Waals surface area contributed by atoms with E-state index in [2.05, 4.69) is 10.6 Å². The van der Waals surface area contributed by atoms with E-state index in [-0.39, 0.29) is 0 Å². The van der Waals surface area contributed by atoms with Gasteiger partial charge in [-0.2, -0.15) is 0 Å². The highest BCUT2D eigenvalue weighted by atomic mass is 15.2. The van der Waals surface area contributed by atoms with Crippen LogP contribution < -0.4 is 10.6 Å². The summed E-state index contributed by atoms with van der Waals surface area (Å²) >= 11 is 0. The summed E-state index contributed by atoms with van der Waals surface area (Å²) in [4.78, 5) is 0. The first-order valence-electron chi connectivity index (χ1n) is 5.41. The average molecular weight is 168 g/mol. The lowest BCUT2D eigenvalue weighted by Gasteiger charge is -2.38. The average Bonchev–Trinajstić information content (AvgIpc) is 2.33. The van der Waals surface area contributed by atoms with Crippen molar-refractivity contribution in [3.63, 3.8) is 0 Å². The van der Waals surface area contributed by atoms with Crippen LogP contribution in [0.1, 0.15) is 44.9 Å². The smallest absolute Gasteiger partial charge is 0.0687 e. The summed E-state index contributed by atoms with van der Waals surface area (Å²) in [5.41, 5.74) is 0.342. The maximum absolute atomic E-state index is 3.69. The van der Waals surface area contributed by atoms with Gasteiger partial charge in [0, 0.05) is 0 Å². The molecule has 2 aliphatic rings. The van der Waals surface area contributed by atoms with Crippen LogP contribution in [0, 0.1) is 0 Å². The molecule has 2 heteroatoms. The van der Waals surface area contributed by atoms with Crippen molar-refractivity contribution in [2.75, 3.05) is 13.1 Å².